The molecule has 0 saturated heterocycles. The Morgan fingerprint density at radius 2 is 1.89 bits per heavy atom. The summed E-state index contributed by atoms with van der Waals surface area (Å²) in [6.45, 7) is 0. The molecule has 0 aliphatic carbocycles. The lowest BCUT2D eigenvalue weighted by Crippen LogP contribution is -2.26. The van der Waals surface area contributed by atoms with Crippen LogP contribution >= 0.6 is 12.4 Å². The molecular formula is C15H18ClNO2. The van der Waals surface area contributed by atoms with E-state index in [1.165, 1.54) is 17.9 Å². The minimum absolute atomic E-state index is 0. The molecule has 0 fully saturated rings. The highest BCUT2D eigenvalue weighted by Crippen LogP contribution is 2.16. The van der Waals surface area contributed by atoms with Crippen molar-refractivity contribution < 1.29 is 9.53 Å². The molecule has 0 unspecified atom stereocenters. The topological polar surface area (TPSA) is 52.3 Å². The molecule has 2 rings (SSSR count). The van der Waals surface area contributed by atoms with Crippen molar-refractivity contribution in [3.8, 4) is 0 Å². The average Bonchev–Trinajstić information content (AvgIpc) is 2.38. The molecule has 2 aromatic carbocycles. The molecule has 0 amide bonds. The van der Waals surface area contributed by atoms with E-state index in [0.29, 0.717) is 6.42 Å². The van der Waals surface area contributed by atoms with Crippen LogP contribution in [0.4, 0.5) is 0 Å². The van der Waals surface area contributed by atoms with Gasteiger partial charge in [0.15, 0.2) is 0 Å². The quantitative estimate of drug-likeness (QED) is 0.876. The SMILES string of the molecule is COC(=O)C[C@@H](N)Cc1ccc2ccccc2c1.Cl. The Labute approximate surface area is 119 Å². The maximum Gasteiger partial charge on any atom is 0.307 e. The number of ether oxygens (including phenoxy) is 1. The summed E-state index contributed by atoms with van der Waals surface area (Å²) in [6, 6.07) is 14.2. The van der Waals surface area contributed by atoms with Gasteiger partial charge in [0.25, 0.3) is 0 Å². The van der Waals surface area contributed by atoms with Gasteiger partial charge in [0.2, 0.25) is 0 Å². The standard InChI is InChI=1S/C15H17NO2.ClH/c1-18-15(17)10-14(16)9-11-6-7-12-4-2-3-5-13(12)8-11;/h2-8,14H,9-10,16H2,1H3;1H/t14-;/m0./s1. The van der Waals surface area contributed by atoms with Gasteiger partial charge in [-0.3, -0.25) is 4.79 Å². The van der Waals surface area contributed by atoms with Crippen LogP contribution < -0.4 is 5.73 Å². The number of carbonyl (C=O) groups is 1. The van der Waals surface area contributed by atoms with E-state index in [2.05, 4.69) is 35.1 Å². The van der Waals surface area contributed by atoms with Crippen LogP contribution in [-0.2, 0) is 16.0 Å². The van der Waals surface area contributed by atoms with Crippen LogP contribution in [0.3, 0.4) is 0 Å². The summed E-state index contributed by atoms with van der Waals surface area (Å²) in [6.07, 6.45) is 0.934. The van der Waals surface area contributed by atoms with Crippen molar-refractivity contribution in [2.75, 3.05) is 7.11 Å². The van der Waals surface area contributed by atoms with Gasteiger partial charge in [0, 0.05) is 6.04 Å². The first-order valence-corrected chi connectivity index (χ1v) is 5.99. The lowest BCUT2D eigenvalue weighted by atomic mass is 10.0. The molecule has 4 heteroatoms. The molecule has 0 radical (unpaired) electrons. The predicted molar refractivity (Wildman–Crippen MR) is 79.5 cm³/mol. The van der Waals surface area contributed by atoms with E-state index in [0.717, 1.165) is 5.56 Å². The molecule has 3 nitrogen and oxygen atoms in total. The number of carbonyl (C=O) groups excluding carboxylic acids is 1. The maximum absolute atomic E-state index is 11.1. The zero-order valence-corrected chi connectivity index (χ0v) is 11.7. The maximum atomic E-state index is 11.1. The second-order valence-corrected chi connectivity index (χ2v) is 4.43. The molecule has 102 valence electrons. The van der Waals surface area contributed by atoms with Gasteiger partial charge in [-0.1, -0.05) is 42.5 Å². The summed E-state index contributed by atoms with van der Waals surface area (Å²) >= 11 is 0. The summed E-state index contributed by atoms with van der Waals surface area (Å²) in [7, 11) is 1.38. The largest absolute Gasteiger partial charge is 0.469 e. The van der Waals surface area contributed by atoms with E-state index in [4.69, 9.17) is 5.73 Å². The highest BCUT2D eigenvalue weighted by Gasteiger charge is 2.10. The number of hydrogen-bond donors (Lipinski definition) is 1. The van der Waals surface area contributed by atoms with Crippen molar-refractivity contribution in [3.05, 3.63) is 48.0 Å². The third kappa shape index (κ3) is 4.23. The number of methoxy groups -OCH3 is 1. The fourth-order valence-corrected chi connectivity index (χ4v) is 2.04. The van der Waals surface area contributed by atoms with Gasteiger partial charge < -0.3 is 10.5 Å². The van der Waals surface area contributed by atoms with E-state index in [9.17, 15) is 4.79 Å². The minimum Gasteiger partial charge on any atom is -0.469 e. The van der Waals surface area contributed by atoms with E-state index < -0.39 is 0 Å². The van der Waals surface area contributed by atoms with Crippen LogP contribution in [-0.4, -0.2) is 19.1 Å². The van der Waals surface area contributed by atoms with Gasteiger partial charge in [-0.25, -0.2) is 0 Å². The normalized spacial score (nSPS) is 11.7. The predicted octanol–water partition coefficient (Wildman–Crippen LogP) is 2.69. The summed E-state index contributed by atoms with van der Waals surface area (Å²) in [5, 5.41) is 2.41. The van der Waals surface area contributed by atoms with Crippen LogP contribution in [0.25, 0.3) is 10.8 Å². The first-order chi connectivity index (χ1) is 8.69. The summed E-state index contributed by atoms with van der Waals surface area (Å²) in [4.78, 5) is 11.1. The van der Waals surface area contributed by atoms with Crippen LogP contribution in [0.5, 0.6) is 0 Å². The minimum atomic E-state index is -0.261. The molecule has 0 spiro atoms. The second-order valence-electron chi connectivity index (χ2n) is 4.43. The number of halogens is 1. The lowest BCUT2D eigenvalue weighted by Gasteiger charge is -2.10. The smallest absolute Gasteiger partial charge is 0.307 e. The molecule has 0 aromatic heterocycles. The fraction of sp³-hybridized carbons (Fsp3) is 0.267. The molecule has 0 heterocycles. The third-order valence-electron chi connectivity index (χ3n) is 2.97. The van der Waals surface area contributed by atoms with Crippen LogP contribution in [0, 0.1) is 0 Å². The first-order valence-electron chi connectivity index (χ1n) is 5.99. The number of nitrogens with two attached hydrogens (primary N) is 1. The van der Waals surface area contributed by atoms with E-state index in [1.807, 2.05) is 12.1 Å². The molecule has 2 N–H and O–H groups in total. The van der Waals surface area contributed by atoms with E-state index in [-0.39, 0.29) is 30.8 Å². The molecule has 0 aliphatic heterocycles. The number of fused-ring (bicyclic) bond motifs is 1. The molecule has 1 atom stereocenters. The third-order valence-corrected chi connectivity index (χ3v) is 2.97. The van der Waals surface area contributed by atoms with Gasteiger partial charge in [-0.2, -0.15) is 0 Å². The van der Waals surface area contributed by atoms with Crippen molar-refractivity contribution in [2.24, 2.45) is 5.73 Å². The zero-order valence-electron chi connectivity index (χ0n) is 10.8. The van der Waals surface area contributed by atoms with Crippen molar-refractivity contribution in [1.82, 2.24) is 0 Å². The van der Waals surface area contributed by atoms with Gasteiger partial charge in [0.1, 0.15) is 0 Å². The van der Waals surface area contributed by atoms with Crippen LogP contribution in [0.2, 0.25) is 0 Å². The second kappa shape index (κ2) is 7.12. The lowest BCUT2D eigenvalue weighted by molar-refractivity contribution is -0.140. The Morgan fingerprint density at radius 1 is 1.21 bits per heavy atom. The van der Waals surface area contributed by atoms with Gasteiger partial charge in [0.05, 0.1) is 13.5 Å². The molecular weight excluding hydrogens is 262 g/mol. The Bertz CT molecular complexity index is 557. The summed E-state index contributed by atoms with van der Waals surface area (Å²) < 4.78 is 4.61. The molecule has 0 aliphatic rings. The fourth-order valence-electron chi connectivity index (χ4n) is 2.04. The molecule has 0 bridgehead atoms. The first kappa shape index (κ1) is 15.5. The highest BCUT2D eigenvalue weighted by molar-refractivity contribution is 5.85. The van der Waals surface area contributed by atoms with Gasteiger partial charge >= 0.3 is 5.97 Å². The van der Waals surface area contributed by atoms with Crippen LogP contribution in [0.1, 0.15) is 12.0 Å². The highest BCUT2D eigenvalue weighted by atomic mass is 35.5. The summed E-state index contributed by atoms with van der Waals surface area (Å²) in [5.41, 5.74) is 7.07. The monoisotopic (exact) mass is 279 g/mol. The van der Waals surface area contributed by atoms with Crippen molar-refractivity contribution in [3.63, 3.8) is 0 Å². The average molecular weight is 280 g/mol. The Kier molecular flexibility index (Phi) is 5.80. The van der Waals surface area contributed by atoms with Crippen molar-refractivity contribution >= 4 is 29.1 Å². The Balaban J connectivity index is 0.00000180. The van der Waals surface area contributed by atoms with Crippen LogP contribution in [0.15, 0.2) is 42.5 Å². The Hall–Kier alpha value is -1.58. The van der Waals surface area contributed by atoms with Crippen molar-refractivity contribution in [1.29, 1.82) is 0 Å². The Morgan fingerprint density at radius 3 is 2.58 bits per heavy atom. The number of hydrogen-bond acceptors (Lipinski definition) is 3. The zero-order chi connectivity index (χ0) is 13.0. The molecule has 0 saturated carbocycles. The van der Waals surface area contributed by atoms with E-state index >= 15 is 0 Å². The number of benzene rings is 2. The molecule has 19 heavy (non-hydrogen) atoms. The van der Waals surface area contributed by atoms with Crippen molar-refractivity contribution in [2.45, 2.75) is 18.9 Å². The van der Waals surface area contributed by atoms with Gasteiger partial charge in [-0.05, 0) is 22.8 Å². The molecule has 2 aromatic rings. The van der Waals surface area contributed by atoms with E-state index in [1.54, 1.807) is 0 Å². The van der Waals surface area contributed by atoms with Gasteiger partial charge in [-0.15, -0.1) is 12.4 Å². The summed E-state index contributed by atoms with van der Waals surface area (Å²) in [5.74, 6) is -0.261. The number of rotatable bonds is 4. The number of esters is 1.